The summed E-state index contributed by atoms with van der Waals surface area (Å²) in [4.78, 5) is 29.5. The Morgan fingerprint density at radius 1 is 1.10 bits per heavy atom. The molecule has 2 aromatic rings. The first-order chi connectivity index (χ1) is 14.6. The van der Waals surface area contributed by atoms with E-state index in [4.69, 9.17) is 16.3 Å². The van der Waals surface area contributed by atoms with Crippen molar-refractivity contribution in [2.45, 2.75) is 51.7 Å². The van der Waals surface area contributed by atoms with Crippen LogP contribution in [0.5, 0.6) is 0 Å². The number of halogens is 1. The van der Waals surface area contributed by atoms with Crippen LogP contribution in [0.2, 0.25) is 5.02 Å². The Morgan fingerprint density at radius 2 is 1.74 bits per heavy atom. The summed E-state index contributed by atoms with van der Waals surface area (Å²) in [6.45, 7) is 8.72. The van der Waals surface area contributed by atoms with Gasteiger partial charge in [-0.2, -0.15) is 0 Å². The predicted octanol–water partition coefficient (Wildman–Crippen LogP) is 5.51. The van der Waals surface area contributed by atoms with Gasteiger partial charge in [0.15, 0.2) is 0 Å². The minimum absolute atomic E-state index is 0.0104. The van der Waals surface area contributed by atoms with Gasteiger partial charge >= 0.3 is 6.09 Å². The molecule has 166 valence electrons. The number of hydrogen-bond donors (Lipinski definition) is 0. The molecule has 0 aromatic heterocycles. The van der Waals surface area contributed by atoms with E-state index in [1.807, 2.05) is 44.9 Å². The fourth-order valence-corrected chi connectivity index (χ4v) is 4.28. The van der Waals surface area contributed by atoms with Crippen LogP contribution in [0.3, 0.4) is 0 Å². The number of nitrogens with zero attached hydrogens (tertiary/aromatic N) is 2. The first-order valence-corrected chi connectivity index (χ1v) is 11.0. The minimum atomic E-state index is -0.548. The Kier molecular flexibility index (Phi) is 6.95. The summed E-state index contributed by atoms with van der Waals surface area (Å²) in [5.41, 5.74) is 2.35. The van der Waals surface area contributed by atoms with Crippen LogP contribution in [0.25, 0.3) is 0 Å². The molecule has 2 aromatic carbocycles. The molecule has 0 N–H and O–H groups in total. The summed E-state index contributed by atoms with van der Waals surface area (Å²) < 4.78 is 5.61. The fourth-order valence-electron chi connectivity index (χ4n) is 4.15. The van der Waals surface area contributed by atoms with Crippen LogP contribution in [0.15, 0.2) is 48.5 Å². The molecule has 2 amide bonds. The summed E-state index contributed by atoms with van der Waals surface area (Å²) in [5, 5.41) is 0.600. The molecule has 1 aliphatic rings. The van der Waals surface area contributed by atoms with Crippen molar-refractivity contribution < 1.29 is 14.3 Å². The van der Waals surface area contributed by atoms with Crippen molar-refractivity contribution in [2.24, 2.45) is 0 Å². The van der Waals surface area contributed by atoms with Crippen LogP contribution in [0.1, 0.15) is 54.6 Å². The van der Waals surface area contributed by atoms with E-state index < -0.39 is 5.60 Å². The maximum absolute atomic E-state index is 13.2. The van der Waals surface area contributed by atoms with Crippen LogP contribution in [-0.4, -0.2) is 53.6 Å². The fraction of sp³-hybridized carbons (Fsp3) is 0.440. The second kappa shape index (κ2) is 9.31. The van der Waals surface area contributed by atoms with Gasteiger partial charge < -0.3 is 14.5 Å². The maximum Gasteiger partial charge on any atom is 0.410 e. The van der Waals surface area contributed by atoms with E-state index in [1.165, 1.54) is 0 Å². The number of likely N-dealkylation sites (N-methyl/N-ethyl adjacent to an activating group) is 1. The molecule has 0 unspecified atom stereocenters. The standard InChI is InChI=1S/C25H31ClN2O3/c1-17-8-6-7-9-20(17)21-16-28(24(30)31-25(2,3)4)15-14-22(21)27(5)23(29)18-10-12-19(26)13-11-18/h6-13,21-22H,14-16H2,1-5H3/t21-,22+/m0/s1. The molecule has 0 bridgehead atoms. The zero-order valence-corrected chi connectivity index (χ0v) is 19.6. The molecular formula is C25H31ClN2O3. The van der Waals surface area contributed by atoms with E-state index in [2.05, 4.69) is 19.1 Å². The molecule has 1 heterocycles. The first kappa shape index (κ1) is 23.1. The number of aryl methyl sites for hydroxylation is 1. The summed E-state index contributed by atoms with van der Waals surface area (Å²) in [6.07, 6.45) is 0.366. The van der Waals surface area contributed by atoms with Crippen molar-refractivity contribution in [3.05, 3.63) is 70.2 Å². The molecule has 3 rings (SSSR count). The van der Waals surface area contributed by atoms with E-state index >= 15 is 0 Å². The molecule has 1 aliphatic heterocycles. The molecule has 0 saturated carbocycles. The molecule has 0 aliphatic carbocycles. The molecule has 1 saturated heterocycles. The van der Waals surface area contributed by atoms with E-state index in [1.54, 1.807) is 29.2 Å². The van der Waals surface area contributed by atoms with Crippen LogP contribution in [-0.2, 0) is 4.74 Å². The third kappa shape index (κ3) is 5.59. The average molecular weight is 443 g/mol. The number of benzene rings is 2. The lowest BCUT2D eigenvalue weighted by atomic mass is 9.83. The summed E-state index contributed by atoms with van der Waals surface area (Å²) in [6, 6.07) is 15.1. The van der Waals surface area contributed by atoms with E-state index in [0.717, 1.165) is 11.1 Å². The molecule has 0 radical (unpaired) electrons. The number of rotatable bonds is 3. The van der Waals surface area contributed by atoms with Crippen molar-refractivity contribution in [3.8, 4) is 0 Å². The van der Waals surface area contributed by atoms with E-state index in [9.17, 15) is 9.59 Å². The lowest BCUT2D eigenvalue weighted by molar-refractivity contribution is 0.0124. The van der Waals surface area contributed by atoms with Crippen molar-refractivity contribution >= 4 is 23.6 Å². The van der Waals surface area contributed by atoms with Gasteiger partial charge in [-0.3, -0.25) is 4.79 Å². The highest BCUT2D eigenvalue weighted by molar-refractivity contribution is 6.30. The Morgan fingerprint density at radius 3 is 2.35 bits per heavy atom. The number of carbonyl (C=O) groups is 2. The summed E-state index contributed by atoms with van der Waals surface area (Å²) in [5.74, 6) is -0.0605. The quantitative estimate of drug-likeness (QED) is 0.629. The van der Waals surface area contributed by atoms with Crippen molar-refractivity contribution in [1.29, 1.82) is 0 Å². The molecule has 6 heteroatoms. The van der Waals surface area contributed by atoms with Crippen molar-refractivity contribution in [3.63, 3.8) is 0 Å². The number of carbonyl (C=O) groups excluding carboxylic acids is 2. The van der Waals surface area contributed by atoms with Gasteiger partial charge in [0.25, 0.3) is 5.91 Å². The zero-order valence-electron chi connectivity index (χ0n) is 18.9. The normalized spacial score (nSPS) is 19.1. The van der Waals surface area contributed by atoms with Crippen LogP contribution in [0, 0.1) is 6.92 Å². The summed E-state index contributed by atoms with van der Waals surface area (Å²) in [7, 11) is 1.84. The SMILES string of the molecule is Cc1ccccc1[C@@H]1CN(C(=O)OC(C)(C)C)CC[C@H]1N(C)C(=O)c1ccc(Cl)cc1. The van der Waals surface area contributed by atoms with Gasteiger partial charge in [0.1, 0.15) is 5.60 Å². The highest BCUT2D eigenvalue weighted by Gasteiger charge is 2.38. The van der Waals surface area contributed by atoms with Crippen molar-refractivity contribution in [2.75, 3.05) is 20.1 Å². The van der Waals surface area contributed by atoms with Crippen LogP contribution < -0.4 is 0 Å². The van der Waals surface area contributed by atoms with Crippen LogP contribution in [0.4, 0.5) is 4.79 Å². The lowest BCUT2D eigenvalue weighted by Crippen LogP contribution is -2.52. The minimum Gasteiger partial charge on any atom is -0.444 e. The monoisotopic (exact) mass is 442 g/mol. The predicted molar refractivity (Wildman–Crippen MR) is 124 cm³/mol. The number of piperidine rings is 1. The molecule has 5 nitrogen and oxygen atoms in total. The van der Waals surface area contributed by atoms with Gasteiger partial charge in [-0.15, -0.1) is 0 Å². The zero-order chi connectivity index (χ0) is 22.8. The van der Waals surface area contributed by atoms with Gasteiger partial charge in [0.05, 0.1) is 0 Å². The largest absolute Gasteiger partial charge is 0.444 e. The average Bonchev–Trinajstić information content (AvgIpc) is 2.72. The Bertz CT molecular complexity index is 937. The number of amides is 2. The Labute approximate surface area is 189 Å². The van der Waals surface area contributed by atoms with Gasteiger partial charge in [0, 0.05) is 42.7 Å². The third-order valence-corrected chi connectivity index (χ3v) is 5.98. The van der Waals surface area contributed by atoms with Crippen LogP contribution >= 0.6 is 11.6 Å². The lowest BCUT2D eigenvalue weighted by Gasteiger charge is -2.43. The van der Waals surface area contributed by atoms with Crippen molar-refractivity contribution in [1.82, 2.24) is 9.80 Å². The second-order valence-electron chi connectivity index (χ2n) is 9.17. The van der Waals surface area contributed by atoms with E-state index in [-0.39, 0.29) is 24.0 Å². The Balaban J connectivity index is 1.88. The number of ether oxygens (including phenoxy) is 1. The highest BCUT2D eigenvalue weighted by Crippen LogP contribution is 2.33. The maximum atomic E-state index is 13.2. The van der Waals surface area contributed by atoms with Gasteiger partial charge in [0.2, 0.25) is 0 Å². The third-order valence-electron chi connectivity index (χ3n) is 5.72. The second-order valence-corrected chi connectivity index (χ2v) is 9.60. The smallest absolute Gasteiger partial charge is 0.410 e. The number of likely N-dealkylation sites (tertiary alicyclic amines) is 1. The molecule has 0 spiro atoms. The van der Waals surface area contributed by atoms with E-state index in [0.29, 0.717) is 30.1 Å². The topological polar surface area (TPSA) is 49.9 Å². The summed E-state index contributed by atoms with van der Waals surface area (Å²) >= 11 is 5.98. The molecule has 1 fully saturated rings. The van der Waals surface area contributed by atoms with Gasteiger partial charge in [-0.1, -0.05) is 35.9 Å². The highest BCUT2D eigenvalue weighted by atomic mass is 35.5. The molecule has 31 heavy (non-hydrogen) atoms. The first-order valence-electron chi connectivity index (χ1n) is 10.6. The molecule has 2 atom stereocenters. The van der Waals surface area contributed by atoms with Gasteiger partial charge in [-0.05, 0) is 69.5 Å². The van der Waals surface area contributed by atoms with Gasteiger partial charge in [-0.25, -0.2) is 4.79 Å². The number of hydrogen-bond acceptors (Lipinski definition) is 3. The molecular weight excluding hydrogens is 412 g/mol. The Hall–Kier alpha value is -2.53.